The lowest BCUT2D eigenvalue weighted by atomic mass is 9.93. The number of aryl methyl sites for hydroxylation is 2. The molecule has 1 atom stereocenters. The molecule has 1 heteroatoms. The van der Waals surface area contributed by atoms with E-state index in [-0.39, 0.29) is 5.92 Å². The Kier molecular flexibility index (Phi) is 4.15. The lowest BCUT2D eigenvalue weighted by molar-refractivity contribution is 0.746. The molecule has 0 amide bonds. The van der Waals surface area contributed by atoms with Crippen molar-refractivity contribution < 1.29 is 0 Å². The molecule has 2 rings (SSSR count). The zero-order valence-corrected chi connectivity index (χ0v) is 10.6. The highest BCUT2D eigenvalue weighted by atomic mass is 14.3. The number of rotatable bonds is 4. The van der Waals surface area contributed by atoms with Crippen molar-refractivity contribution in [3.05, 3.63) is 71.3 Å². The van der Waals surface area contributed by atoms with Crippen LogP contribution in [0.25, 0.3) is 0 Å². The van der Waals surface area contributed by atoms with E-state index in [4.69, 9.17) is 0 Å². The first-order chi connectivity index (χ1) is 8.79. The first-order valence-corrected chi connectivity index (χ1v) is 6.29. The molecule has 0 spiro atoms. The molecule has 1 nitrogen and oxygen atoms in total. The predicted octanol–water partition coefficient (Wildman–Crippen LogP) is 4.24. The van der Waals surface area contributed by atoms with E-state index in [9.17, 15) is 5.26 Å². The van der Waals surface area contributed by atoms with Crippen molar-refractivity contribution in [2.75, 3.05) is 0 Å². The molecule has 0 heterocycles. The molecule has 0 fully saturated rings. The molecular formula is C17H17N. The summed E-state index contributed by atoms with van der Waals surface area (Å²) in [4.78, 5) is 0. The van der Waals surface area contributed by atoms with Gasteiger partial charge in [0.05, 0.1) is 12.0 Å². The van der Waals surface area contributed by atoms with E-state index in [0.29, 0.717) is 0 Å². The Bertz CT molecular complexity index is 537. The zero-order chi connectivity index (χ0) is 12.8. The Balaban J connectivity index is 2.05. The van der Waals surface area contributed by atoms with Crippen LogP contribution in [0.15, 0.2) is 54.6 Å². The Morgan fingerprint density at radius 2 is 1.83 bits per heavy atom. The molecule has 0 saturated carbocycles. The number of hydrogen-bond donors (Lipinski definition) is 0. The van der Waals surface area contributed by atoms with Gasteiger partial charge in [-0.2, -0.15) is 5.26 Å². The van der Waals surface area contributed by atoms with E-state index in [1.54, 1.807) is 0 Å². The second-order valence-electron chi connectivity index (χ2n) is 4.62. The van der Waals surface area contributed by atoms with Crippen LogP contribution >= 0.6 is 0 Å². The predicted molar refractivity (Wildman–Crippen MR) is 74.3 cm³/mol. The van der Waals surface area contributed by atoms with Gasteiger partial charge < -0.3 is 0 Å². The fourth-order valence-electron chi connectivity index (χ4n) is 2.15. The second-order valence-corrected chi connectivity index (χ2v) is 4.62. The minimum atomic E-state index is -0.00916. The van der Waals surface area contributed by atoms with E-state index < -0.39 is 0 Å². The van der Waals surface area contributed by atoms with Crippen LogP contribution in [0.3, 0.4) is 0 Å². The van der Waals surface area contributed by atoms with E-state index in [2.05, 4.69) is 37.3 Å². The van der Waals surface area contributed by atoms with E-state index in [1.165, 1.54) is 11.1 Å². The number of nitrogens with zero attached hydrogens (tertiary/aromatic N) is 1. The van der Waals surface area contributed by atoms with Gasteiger partial charge in [0.1, 0.15) is 0 Å². The number of benzene rings is 2. The van der Waals surface area contributed by atoms with Gasteiger partial charge in [-0.15, -0.1) is 0 Å². The molecule has 0 saturated heterocycles. The average Bonchev–Trinajstić information content (AvgIpc) is 2.41. The summed E-state index contributed by atoms with van der Waals surface area (Å²) in [5.74, 6) is -0.00916. The van der Waals surface area contributed by atoms with E-state index >= 15 is 0 Å². The van der Waals surface area contributed by atoms with Crippen molar-refractivity contribution in [3.63, 3.8) is 0 Å². The second kappa shape index (κ2) is 6.02. The fourth-order valence-corrected chi connectivity index (χ4v) is 2.15. The average molecular weight is 235 g/mol. The van der Waals surface area contributed by atoms with Crippen molar-refractivity contribution in [2.24, 2.45) is 0 Å². The summed E-state index contributed by atoms with van der Waals surface area (Å²) in [6.07, 6.45) is 1.83. The van der Waals surface area contributed by atoms with Crippen LogP contribution < -0.4 is 0 Å². The third kappa shape index (κ3) is 3.21. The van der Waals surface area contributed by atoms with Gasteiger partial charge in [-0.05, 0) is 30.9 Å². The van der Waals surface area contributed by atoms with Gasteiger partial charge in [0.15, 0.2) is 0 Å². The van der Waals surface area contributed by atoms with Crippen LogP contribution in [0.5, 0.6) is 0 Å². The van der Waals surface area contributed by atoms with Crippen LogP contribution in [-0.2, 0) is 6.42 Å². The van der Waals surface area contributed by atoms with Crippen LogP contribution in [-0.4, -0.2) is 0 Å². The maximum atomic E-state index is 9.30. The summed E-state index contributed by atoms with van der Waals surface area (Å²) in [5, 5.41) is 9.30. The monoisotopic (exact) mass is 235 g/mol. The van der Waals surface area contributed by atoms with Crippen molar-refractivity contribution in [1.29, 1.82) is 5.26 Å². The summed E-state index contributed by atoms with van der Waals surface area (Å²) in [6, 6.07) is 21.0. The van der Waals surface area contributed by atoms with E-state index in [1.807, 2.05) is 30.3 Å². The van der Waals surface area contributed by atoms with Gasteiger partial charge in [0.25, 0.3) is 0 Å². The summed E-state index contributed by atoms with van der Waals surface area (Å²) >= 11 is 0. The number of nitriles is 1. The lowest BCUT2D eigenvalue weighted by Gasteiger charge is -2.10. The van der Waals surface area contributed by atoms with Crippen molar-refractivity contribution in [1.82, 2.24) is 0 Å². The molecule has 18 heavy (non-hydrogen) atoms. The Morgan fingerprint density at radius 1 is 1.06 bits per heavy atom. The van der Waals surface area contributed by atoms with Gasteiger partial charge in [-0.3, -0.25) is 0 Å². The van der Waals surface area contributed by atoms with Crippen molar-refractivity contribution in [2.45, 2.75) is 25.7 Å². The molecule has 0 aliphatic carbocycles. The molecule has 0 aliphatic rings. The summed E-state index contributed by atoms with van der Waals surface area (Å²) < 4.78 is 0. The molecule has 0 bridgehead atoms. The highest BCUT2D eigenvalue weighted by Gasteiger charge is 2.10. The quantitative estimate of drug-likeness (QED) is 0.777. The molecule has 0 aliphatic heterocycles. The van der Waals surface area contributed by atoms with Crippen molar-refractivity contribution >= 4 is 0 Å². The summed E-state index contributed by atoms with van der Waals surface area (Å²) in [5.41, 5.74) is 3.64. The zero-order valence-electron chi connectivity index (χ0n) is 10.6. The molecule has 1 unspecified atom stereocenters. The molecule has 0 radical (unpaired) electrons. The van der Waals surface area contributed by atoms with E-state index in [0.717, 1.165) is 18.4 Å². The molecule has 2 aromatic carbocycles. The van der Waals surface area contributed by atoms with Crippen LogP contribution in [0.2, 0.25) is 0 Å². The minimum Gasteiger partial charge on any atom is -0.198 e. The SMILES string of the molecule is Cc1cccc(C(C#N)CCc2ccccc2)c1. The highest BCUT2D eigenvalue weighted by Crippen LogP contribution is 2.21. The third-order valence-electron chi connectivity index (χ3n) is 3.16. The largest absolute Gasteiger partial charge is 0.198 e. The number of hydrogen-bond acceptors (Lipinski definition) is 1. The lowest BCUT2D eigenvalue weighted by Crippen LogP contribution is -1.98. The van der Waals surface area contributed by atoms with Crippen molar-refractivity contribution in [3.8, 4) is 6.07 Å². The normalized spacial score (nSPS) is 11.8. The van der Waals surface area contributed by atoms with Crippen LogP contribution in [0.1, 0.15) is 29.0 Å². The minimum absolute atomic E-state index is 0.00916. The molecule has 2 aromatic rings. The maximum Gasteiger partial charge on any atom is 0.0716 e. The summed E-state index contributed by atoms with van der Waals surface area (Å²) in [7, 11) is 0. The van der Waals surface area contributed by atoms with Gasteiger partial charge in [0.2, 0.25) is 0 Å². The first-order valence-electron chi connectivity index (χ1n) is 6.29. The van der Waals surface area contributed by atoms with Gasteiger partial charge in [-0.1, -0.05) is 60.2 Å². The Morgan fingerprint density at radius 3 is 2.50 bits per heavy atom. The van der Waals surface area contributed by atoms with Gasteiger partial charge in [0, 0.05) is 0 Å². The molecule has 0 N–H and O–H groups in total. The molecule has 90 valence electrons. The van der Waals surface area contributed by atoms with Gasteiger partial charge in [-0.25, -0.2) is 0 Å². The maximum absolute atomic E-state index is 9.30. The van der Waals surface area contributed by atoms with Crippen LogP contribution in [0.4, 0.5) is 0 Å². The smallest absolute Gasteiger partial charge is 0.0716 e. The molecular weight excluding hydrogens is 218 g/mol. The molecule has 0 aromatic heterocycles. The topological polar surface area (TPSA) is 23.8 Å². The highest BCUT2D eigenvalue weighted by molar-refractivity contribution is 5.29. The van der Waals surface area contributed by atoms with Crippen LogP contribution in [0, 0.1) is 18.3 Å². The summed E-state index contributed by atoms with van der Waals surface area (Å²) in [6.45, 7) is 2.06. The first kappa shape index (κ1) is 12.4. The van der Waals surface area contributed by atoms with Gasteiger partial charge >= 0.3 is 0 Å². The standard InChI is InChI=1S/C17H17N/c1-14-6-5-9-16(12-14)17(13-18)11-10-15-7-3-2-4-8-15/h2-9,12,17H,10-11H2,1H3. The third-order valence-corrected chi connectivity index (χ3v) is 3.16. The Labute approximate surface area is 109 Å². The Hall–Kier alpha value is -2.07. The fraction of sp³-hybridized carbons (Fsp3) is 0.235.